The molecule has 2 aromatic rings. The predicted octanol–water partition coefficient (Wildman–Crippen LogP) is 2.88. The molecule has 5 nitrogen and oxygen atoms in total. The van der Waals surface area contributed by atoms with Crippen molar-refractivity contribution < 1.29 is 9.59 Å². The number of amides is 3. The molecule has 0 radical (unpaired) electrons. The zero-order valence-corrected chi connectivity index (χ0v) is 13.4. The Kier molecular flexibility index (Phi) is 5.55. The summed E-state index contributed by atoms with van der Waals surface area (Å²) in [5, 5.41) is 10.1. The molecule has 0 aliphatic carbocycles. The Hall–Kier alpha value is -2.34. The Morgan fingerprint density at radius 1 is 1.18 bits per heavy atom. The zero-order chi connectivity index (χ0) is 15.9. The summed E-state index contributed by atoms with van der Waals surface area (Å²) in [4.78, 5) is 24.9. The van der Waals surface area contributed by atoms with Crippen molar-refractivity contribution in [3.63, 3.8) is 0 Å². The topological polar surface area (TPSA) is 70.2 Å². The van der Waals surface area contributed by atoms with E-state index in [4.69, 9.17) is 0 Å². The van der Waals surface area contributed by atoms with E-state index >= 15 is 0 Å². The molecule has 1 heterocycles. The van der Waals surface area contributed by atoms with E-state index in [9.17, 15) is 9.59 Å². The van der Waals surface area contributed by atoms with Crippen LogP contribution in [0.15, 0.2) is 41.8 Å². The maximum absolute atomic E-state index is 12.0. The lowest BCUT2D eigenvalue weighted by molar-refractivity contribution is -0.117. The number of thiophene rings is 1. The summed E-state index contributed by atoms with van der Waals surface area (Å²) in [5.41, 5.74) is 1.86. The van der Waals surface area contributed by atoms with Crippen LogP contribution in [-0.2, 0) is 11.3 Å². The zero-order valence-electron chi connectivity index (χ0n) is 12.6. The highest BCUT2D eigenvalue weighted by atomic mass is 32.1. The third-order valence-corrected chi connectivity index (χ3v) is 4.18. The monoisotopic (exact) mass is 317 g/mol. The summed E-state index contributed by atoms with van der Waals surface area (Å²) in [5.74, 6) is -0.256. The molecule has 0 bridgehead atoms. The molecule has 0 saturated heterocycles. The first-order valence-corrected chi connectivity index (χ1v) is 7.87. The van der Waals surface area contributed by atoms with Crippen LogP contribution >= 0.6 is 11.3 Å². The number of hydrogen-bond acceptors (Lipinski definition) is 3. The van der Waals surface area contributed by atoms with Crippen molar-refractivity contribution in [2.75, 3.05) is 5.32 Å². The molecule has 1 atom stereocenters. The van der Waals surface area contributed by atoms with Crippen molar-refractivity contribution in [1.82, 2.24) is 10.6 Å². The molecule has 0 aliphatic rings. The highest BCUT2D eigenvalue weighted by Crippen LogP contribution is 2.14. The molecule has 22 heavy (non-hydrogen) atoms. The normalized spacial score (nSPS) is 11.5. The van der Waals surface area contributed by atoms with Crippen molar-refractivity contribution in [2.45, 2.75) is 26.4 Å². The van der Waals surface area contributed by atoms with Crippen molar-refractivity contribution in [2.24, 2.45) is 0 Å². The van der Waals surface area contributed by atoms with Crippen LogP contribution in [0.1, 0.15) is 17.4 Å². The highest BCUT2D eigenvalue weighted by molar-refractivity contribution is 7.10. The largest absolute Gasteiger partial charge is 0.333 e. The summed E-state index contributed by atoms with van der Waals surface area (Å²) in [6.45, 7) is 4.11. The quantitative estimate of drug-likeness (QED) is 0.793. The maximum Gasteiger partial charge on any atom is 0.315 e. The van der Waals surface area contributed by atoms with E-state index in [1.807, 2.05) is 36.6 Å². The Morgan fingerprint density at radius 2 is 1.91 bits per heavy atom. The van der Waals surface area contributed by atoms with Crippen LogP contribution in [-0.4, -0.2) is 18.0 Å². The lowest BCUT2D eigenvalue weighted by Gasteiger charge is -2.14. The number of hydrogen-bond donors (Lipinski definition) is 3. The van der Waals surface area contributed by atoms with Crippen molar-refractivity contribution in [3.8, 4) is 0 Å². The minimum Gasteiger partial charge on any atom is -0.333 e. The molecule has 0 saturated carbocycles. The smallest absolute Gasteiger partial charge is 0.315 e. The number of rotatable bonds is 5. The van der Waals surface area contributed by atoms with Gasteiger partial charge in [-0.15, -0.1) is 11.3 Å². The van der Waals surface area contributed by atoms with Crippen LogP contribution in [0, 0.1) is 6.92 Å². The molecule has 0 unspecified atom stereocenters. The molecule has 1 aromatic heterocycles. The van der Waals surface area contributed by atoms with E-state index in [-0.39, 0.29) is 11.9 Å². The second-order valence-corrected chi connectivity index (χ2v) is 5.93. The molecule has 3 amide bonds. The van der Waals surface area contributed by atoms with E-state index in [0.29, 0.717) is 12.2 Å². The van der Waals surface area contributed by atoms with Crippen LogP contribution < -0.4 is 16.0 Å². The van der Waals surface area contributed by atoms with Gasteiger partial charge in [-0.25, -0.2) is 4.79 Å². The minimum atomic E-state index is -0.621. The molecular weight excluding hydrogens is 298 g/mol. The van der Waals surface area contributed by atoms with Gasteiger partial charge < -0.3 is 16.0 Å². The number of carbonyl (C=O) groups is 2. The first-order valence-electron chi connectivity index (χ1n) is 6.99. The summed E-state index contributed by atoms with van der Waals surface area (Å²) in [6, 6.07) is 10.2. The molecule has 0 spiro atoms. The number of para-hydroxylation sites is 1. The third kappa shape index (κ3) is 4.60. The van der Waals surface area contributed by atoms with E-state index in [0.717, 1.165) is 10.4 Å². The van der Waals surface area contributed by atoms with Gasteiger partial charge >= 0.3 is 6.03 Å². The lowest BCUT2D eigenvalue weighted by atomic mass is 10.2. The van der Waals surface area contributed by atoms with Crippen molar-refractivity contribution in [3.05, 3.63) is 52.2 Å². The van der Waals surface area contributed by atoms with Gasteiger partial charge in [0.25, 0.3) is 0 Å². The molecular formula is C16H19N3O2S. The summed E-state index contributed by atoms with van der Waals surface area (Å²) < 4.78 is 0. The van der Waals surface area contributed by atoms with Gasteiger partial charge in [0, 0.05) is 10.6 Å². The number of aryl methyl sites for hydroxylation is 1. The Morgan fingerprint density at radius 3 is 2.55 bits per heavy atom. The number of carbonyl (C=O) groups excluding carboxylic acids is 2. The van der Waals surface area contributed by atoms with E-state index in [2.05, 4.69) is 16.0 Å². The first-order chi connectivity index (χ1) is 10.6. The molecule has 0 fully saturated rings. The fraction of sp³-hybridized carbons (Fsp3) is 0.250. The number of nitrogens with one attached hydrogen (secondary N) is 3. The first kappa shape index (κ1) is 16.0. The SMILES string of the molecule is Cc1ccsc1CNC(=O)N[C@@H](C)C(=O)Nc1ccccc1. The lowest BCUT2D eigenvalue weighted by Crippen LogP contribution is -2.46. The van der Waals surface area contributed by atoms with Gasteiger partial charge in [-0.05, 0) is 43.0 Å². The molecule has 3 N–H and O–H groups in total. The summed E-state index contributed by atoms with van der Waals surface area (Å²) in [7, 11) is 0. The minimum absolute atomic E-state index is 0.256. The van der Waals surface area contributed by atoms with Gasteiger partial charge in [-0.3, -0.25) is 4.79 Å². The van der Waals surface area contributed by atoms with Gasteiger partial charge in [0.05, 0.1) is 6.54 Å². The van der Waals surface area contributed by atoms with Crippen LogP contribution in [0.4, 0.5) is 10.5 Å². The van der Waals surface area contributed by atoms with Crippen molar-refractivity contribution in [1.29, 1.82) is 0 Å². The second kappa shape index (κ2) is 7.61. The van der Waals surface area contributed by atoms with Crippen LogP contribution in [0.2, 0.25) is 0 Å². The molecule has 116 valence electrons. The van der Waals surface area contributed by atoms with E-state index < -0.39 is 6.04 Å². The maximum atomic E-state index is 12.0. The summed E-state index contributed by atoms with van der Waals surface area (Å²) >= 11 is 1.60. The molecule has 2 rings (SSSR count). The third-order valence-electron chi connectivity index (χ3n) is 3.16. The van der Waals surface area contributed by atoms with Gasteiger partial charge in [0.2, 0.25) is 5.91 Å². The fourth-order valence-corrected chi connectivity index (χ4v) is 2.68. The van der Waals surface area contributed by atoms with Gasteiger partial charge in [-0.1, -0.05) is 18.2 Å². The fourth-order valence-electron chi connectivity index (χ4n) is 1.83. The average molecular weight is 317 g/mol. The van der Waals surface area contributed by atoms with Gasteiger partial charge in [0.15, 0.2) is 0 Å². The van der Waals surface area contributed by atoms with Crippen LogP contribution in [0.5, 0.6) is 0 Å². The van der Waals surface area contributed by atoms with E-state index in [1.54, 1.807) is 30.4 Å². The molecule has 0 aliphatic heterocycles. The number of urea groups is 1. The van der Waals surface area contributed by atoms with E-state index in [1.165, 1.54) is 0 Å². The van der Waals surface area contributed by atoms with Crippen LogP contribution in [0.3, 0.4) is 0 Å². The number of anilines is 1. The number of benzene rings is 1. The Bertz CT molecular complexity index is 640. The van der Waals surface area contributed by atoms with Crippen LogP contribution in [0.25, 0.3) is 0 Å². The second-order valence-electron chi connectivity index (χ2n) is 4.93. The molecule has 1 aromatic carbocycles. The van der Waals surface area contributed by atoms with Gasteiger partial charge in [-0.2, -0.15) is 0 Å². The molecule has 6 heteroatoms. The van der Waals surface area contributed by atoms with Gasteiger partial charge in [0.1, 0.15) is 6.04 Å². The van der Waals surface area contributed by atoms with Crippen molar-refractivity contribution >= 4 is 29.0 Å². The summed E-state index contributed by atoms with van der Waals surface area (Å²) in [6.07, 6.45) is 0. The standard InChI is InChI=1S/C16H19N3O2S/c1-11-8-9-22-14(11)10-17-16(21)18-12(2)15(20)19-13-6-4-3-5-7-13/h3-9,12H,10H2,1-2H3,(H,19,20)(H2,17,18,21)/t12-/m0/s1. The Balaban J connectivity index is 1.78. The Labute approximate surface area is 133 Å². The highest BCUT2D eigenvalue weighted by Gasteiger charge is 2.15. The predicted molar refractivity (Wildman–Crippen MR) is 89.0 cm³/mol. The average Bonchev–Trinajstić information content (AvgIpc) is 2.91.